The first-order valence-corrected chi connectivity index (χ1v) is 7.16. The van der Waals surface area contributed by atoms with Crippen molar-refractivity contribution in [2.24, 2.45) is 0 Å². The highest BCUT2D eigenvalue weighted by molar-refractivity contribution is 14.1. The average Bonchev–Trinajstić information content (AvgIpc) is 2.43. The van der Waals surface area contributed by atoms with Crippen LogP contribution in [0.3, 0.4) is 0 Å². The molecule has 0 saturated carbocycles. The van der Waals surface area contributed by atoms with Gasteiger partial charge in [-0.15, -0.1) is 0 Å². The zero-order valence-electron chi connectivity index (χ0n) is 9.95. The van der Waals surface area contributed by atoms with Gasteiger partial charge in [0.2, 0.25) is 0 Å². The summed E-state index contributed by atoms with van der Waals surface area (Å²) in [4.78, 5) is 36.0. The number of carbonyl (C=O) groups excluding carboxylic acids is 1. The van der Waals surface area contributed by atoms with Gasteiger partial charge in [-0.2, -0.15) is 4.57 Å². The SMILES string of the molecule is O=C(c1ccccc1)n1c(=O)ccn(CCI)c1=O. The molecule has 19 heavy (non-hydrogen) atoms. The van der Waals surface area contributed by atoms with E-state index in [0.29, 0.717) is 16.7 Å². The molecule has 1 heterocycles. The Morgan fingerprint density at radius 2 is 1.79 bits per heavy atom. The molecule has 2 rings (SSSR count). The Hall–Kier alpha value is -1.70. The number of benzene rings is 1. The molecule has 2 aromatic rings. The molecular weight excluding hydrogens is 359 g/mol. The molecule has 0 aliphatic heterocycles. The largest absolute Gasteiger partial charge is 0.338 e. The number of carbonyl (C=O) groups is 1. The van der Waals surface area contributed by atoms with Crippen molar-refractivity contribution in [1.82, 2.24) is 9.13 Å². The fourth-order valence-corrected chi connectivity index (χ4v) is 2.19. The lowest BCUT2D eigenvalue weighted by molar-refractivity contribution is 0.0948. The lowest BCUT2D eigenvalue weighted by Crippen LogP contribution is -2.43. The molecule has 0 aliphatic carbocycles. The highest BCUT2D eigenvalue weighted by Crippen LogP contribution is 1.99. The second kappa shape index (κ2) is 5.96. The van der Waals surface area contributed by atoms with E-state index in [1.807, 2.05) is 0 Å². The number of alkyl halides is 1. The maximum Gasteiger partial charge on any atom is 0.338 e. The Labute approximate surface area is 122 Å². The first-order valence-electron chi connectivity index (χ1n) is 5.63. The molecular formula is C13H11IN2O3. The van der Waals surface area contributed by atoms with Gasteiger partial charge in [0.15, 0.2) is 0 Å². The quantitative estimate of drug-likeness (QED) is 0.601. The smallest absolute Gasteiger partial charge is 0.299 e. The standard InChI is InChI=1S/C13H11IN2O3/c14-7-9-15-8-6-11(17)16(13(15)19)12(18)10-4-2-1-3-5-10/h1-6,8H,7,9H2. The van der Waals surface area contributed by atoms with E-state index in [0.717, 1.165) is 4.43 Å². The molecule has 6 heteroatoms. The summed E-state index contributed by atoms with van der Waals surface area (Å²) in [7, 11) is 0. The Morgan fingerprint density at radius 1 is 1.11 bits per heavy atom. The lowest BCUT2D eigenvalue weighted by atomic mass is 10.2. The van der Waals surface area contributed by atoms with Crippen molar-refractivity contribution in [3.63, 3.8) is 0 Å². The number of rotatable bonds is 3. The third kappa shape index (κ3) is 2.83. The summed E-state index contributed by atoms with van der Waals surface area (Å²) in [5.74, 6) is -0.599. The minimum Gasteiger partial charge on any atom is -0.299 e. The van der Waals surface area contributed by atoms with E-state index in [2.05, 4.69) is 22.6 Å². The van der Waals surface area contributed by atoms with Gasteiger partial charge in [-0.05, 0) is 12.1 Å². The first-order chi connectivity index (χ1) is 9.15. The van der Waals surface area contributed by atoms with Gasteiger partial charge in [-0.3, -0.25) is 14.2 Å². The van der Waals surface area contributed by atoms with Crippen LogP contribution in [0.25, 0.3) is 0 Å². The minimum absolute atomic E-state index is 0.314. The molecule has 0 aliphatic rings. The first kappa shape index (κ1) is 13.7. The van der Waals surface area contributed by atoms with Crippen LogP contribution in [0.4, 0.5) is 0 Å². The maximum atomic E-state index is 12.2. The molecule has 0 bridgehead atoms. The van der Waals surface area contributed by atoms with Gasteiger partial charge in [-0.25, -0.2) is 4.79 Å². The molecule has 5 nitrogen and oxygen atoms in total. The van der Waals surface area contributed by atoms with Crippen molar-refractivity contribution in [1.29, 1.82) is 0 Å². The maximum absolute atomic E-state index is 12.2. The zero-order chi connectivity index (χ0) is 13.8. The van der Waals surface area contributed by atoms with Crippen molar-refractivity contribution in [3.8, 4) is 0 Å². The zero-order valence-corrected chi connectivity index (χ0v) is 12.1. The Balaban J connectivity index is 2.57. The number of hydrogen-bond donors (Lipinski definition) is 0. The fraction of sp³-hybridized carbons (Fsp3) is 0.154. The molecule has 0 radical (unpaired) electrons. The highest BCUT2D eigenvalue weighted by Gasteiger charge is 2.14. The van der Waals surface area contributed by atoms with Crippen LogP contribution in [0.5, 0.6) is 0 Å². The minimum atomic E-state index is -0.608. The summed E-state index contributed by atoms with van der Waals surface area (Å²) >= 11 is 2.12. The van der Waals surface area contributed by atoms with Gasteiger partial charge in [0, 0.05) is 28.8 Å². The predicted octanol–water partition coefficient (Wildman–Crippen LogP) is 1.13. The molecule has 98 valence electrons. The molecule has 0 spiro atoms. The number of aromatic nitrogens is 2. The number of nitrogens with zero attached hydrogens (tertiary/aromatic N) is 2. The van der Waals surface area contributed by atoms with Crippen molar-refractivity contribution < 1.29 is 4.79 Å². The van der Waals surface area contributed by atoms with Gasteiger partial charge in [-0.1, -0.05) is 40.8 Å². The van der Waals surface area contributed by atoms with Crippen molar-refractivity contribution in [2.75, 3.05) is 4.43 Å². The van der Waals surface area contributed by atoms with Gasteiger partial charge >= 0.3 is 5.69 Å². The molecule has 0 N–H and O–H groups in total. The molecule has 0 atom stereocenters. The van der Waals surface area contributed by atoms with E-state index in [1.54, 1.807) is 30.3 Å². The van der Waals surface area contributed by atoms with Crippen molar-refractivity contribution >= 4 is 28.5 Å². The van der Waals surface area contributed by atoms with E-state index in [4.69, 9.17) is 0 Å². The van der Waals surface area contributed by atoms with E-state index >= 15 is 0 Å². The second-order valence-electron chi connectivity index (χ2n) is 3.83. The second-order valence-corrected chi connectivity index (χ2v) is 4.90. The Bertz CT molecular complexity index is 704. The highest BCUT2D eigenvalue weighted by atomic mass is 127. The molecule has 0 fully saturated rings. The van der Waals surface area contributed by atoms with Crippen molar-refractivity contribution in [3.05, 3.63) is 69.0 Å². The van der Waals surface area contributed by atoms with Crippen LogP contribution in [-0.4, -0.2) is 19.5 Å². The van der Waals surface area contributed by atoms with E-state index < -0.39 is 17.2 Å². The van der Waals surface area contributed by atoms with Gasteiger partial charge in [0.1, 0.15) is 0 Å². The van der Waals surface area contributed by atoms with Crippen LogP contribution in [0, 0.1) is 0 Å². The predicted molar refractivity (Wildman–Crippen MR) is 80.0 cm³/mol. The third-order valence-electron chi connectivity index (χ3n) is 2.60. The van der Waals surface area contributed by atoms with Crippen LogP contribution >= 0.6 is 22.6 Å². The Morgan fingerprint density at radius 3 is 2.42 bits per heavy atom. The van der Waals surface area contributed by atoms with E-state index in [-0.39, 0.29) is 0 Å². The summed E-state index contributed by atoms with van der Waals surface area (Å²) in [6.07, 6.45) is 1.41. The molecule has 1 aromatic heterocycles. The van der Waals surface area contributed by atoms with Crippen LogP contribution in [-0.2, 0) is 6.54 Å². The third-order valence-corrected chi connectivity index (χ3v) is 3.09. The van der Waals surface area contributed by atoms with Crippen LogP contribution in [0.2, 0.25) is 0 Å². The normalized spacial score (nSPS) is 10.4. The monoisotopic (exact) mass is 370 g/mol. The van der Waals surface area contributed by atoms with Crippen LogP contribution < -0.4 is 11.2 Å². The van der Waals surface area contributed by atoms with E-state index in [1.165, 1.54) is 16.8 Å². The summed E-state index contributed by atoms with van der Waals surface area (Å²) in [5.41, 5.74) is -0.893. The number of halogens is 1. The average molecular weight is 370 g/mol. The summed E-state index contributed by atoms with van der Waals surface area (Å²) in [6, 6.07) is 9.51. The molecule has 0 saturated heterocycles. The van der Waals surface area contributed by atoms with Gasteiger partial charge < -0.3 is 0 Å². The van der Waals surface area contributed by atoms with Crippen LogP contribution in [0.1, 0.15) is 10.4 Å². The molecule has 0 unspecified atom stereocenters. The van der Waals surface area contributed by atoms with Gasteiger partial charge in [0.05, 0.1) is 0 Å². The topological polar surface area (TPSA) is 61.1 Å². The lowest BCUT2D eigenvalue weighted by Gasteiger charge is -2.07. The van der Waals surface area contributed by atoms with Crippen LogP contribution in [0.15, 0.2) is 52.2 Å². The Kier molecular flexibility index (Phi) is 4.31. The summed E-state index contributed by atoms with van der Waals surface area (Å²) in [6.45, 7) is 0.460. The van der Waals surface area contributed by atoms with Crippen molar-refractivity contribution in [2.45, 2.75) is 6.54 Å². The van der Waals surface area contributed by atoms with E-state index in [9.17, 15) is 14.4 Å². The fourth-order valence-electron chi connectivity index (χ4n) is 1.67. The summed E-state index contributed by atoms with van der Waals surface area (Å²) < 4.78 is 2.74. The number of hydrogen-bond acceptors (Lipinski definition) is 3. The molecule has 1 aromatic carbocycles. The van der Waals surface area contributed by atoms with Gasteiger partial charge in [0.25, 0.3) is 11.5 Å². The summed E-state index contributed by atoms with van der Waals surface area (Å²) in [5, 5.41) is 0. The molecule has 0 amide bonds. The number of aryl methyl sites for hydroxylation is 1.